The lowest BCUT2D eigenvalue weighted by Gasteiger charge is -2.10. The quantitative estimate of drug-likeness (QED) is 0.593. The van der Waals surface area contributed by atoms with E-state index in [0.717, 1.165) is 12.8 Å². The fraction of sp³-hybridized carbons (Fsp3) is 0.385. The van der Waals surface area contributed by atoms with Crippen molar-refractivity contribution in [1.29, 1.82) is 0 Å². The van der Waals surface area contributed by atoms with Crippen molar-refractivity contribution in [2.45, 2.75) is 25.8 Å². The maximum absolute atomic E-state index is 13.5. The van der Waals surface area contributed by atoms with Gasteiger partial charge in [0.1, 0.15) is 11.6 Å². The Morgan fingerprint density at radius 2 is 2.31 bits per heavy atom. The predicted octanol–water partition coefficient (Wildman–Crippen LogP) is 3.19. The molecule has 1 atom stereocenters. The number of allylic oxidation sites excluding steroid dienone is 1. The molecule has 0 aliphatic heterocycles. The Morgan fingerprint density at radius 3 is 2.88 bits per heavy atom. The lowest BCUT2D eigenvalue weighted by molar-refractivity contribution is 0.310. The Balaban J connectivity index is 2.56. The van der Waals surface area contributed by atoms with Crippen molar-refractivity contribution >= 4 is 0 Å². The lowest BCUT2D eigenvalue weighted by atomic mass is 10.1. The van der Waals surface area contributed by atoms with Crippen LogP contribution in [0.15, 0.2) is 30.9 Å². The maximum Gasteiger partial charge on any atom is 0.131 e. The molecule has 0 spiro atoms. The highest BCUT2D eigenvalue weighted by atomic mass is 19.1. The number of nitrogens with two attached hydrogens (primary N) is 1. The molecular formula is C13H18FNO. The minimum atomic E-state index is -0.309. The van der Waals surface area contributed by atoms with Gasteiger partial charge < -0.3 is 10.5 Å². The average Bonchev–Trinajstić information content (AvgIpc) is 2.24. The number of hydrogen-bond donors (Lipinski definition) is 1. The van der Waals surface area contributed by atoms with Gasteiger partial charge in [0.05, 0.1) is 6.61 Å². The van der Waals surface area contributed by atoms with Gasteiger partial charge in [-0.1, -0.05) is 12.1 Å². The van der Waals surface area contributed by atoms with E-state index in [4.69, 9.17) is 10.5 Å². The number of ether oxygens (including phenoxy) is 1. The average molecular weight is 223 g/mol. The third-order valence-electron chi connectivity index (χ3n) is 2.28. The summed E-state index contributed by atoms with van der Waals surface area (Å²) >= 11 is 0. The van der Waals surface area contributed by atoms with E-state index in [0.29, 0.717) is 17.9 Å². The Bertz CT molecular complexity index is 350. The van der Waals surface area contributed by atoms with Gasteiger partial charge in [0.25, 0.3) is 0 Å². The normalized spacial score (nSPS) is 12.2. The van der Waals surface area contributed by atoms with Crippen molar-refractivity contribution < 1.29 is 9.13 Å². The zero-order valence-electron chi connectivity index (χ0n) is 9.58. The molecule has 1 rings (SSSR count). The second-order valence-corrected chi connectivity index (χ2v) is 3.75. The van der Waals surface area contributed by atoms with Crippen molar-refractivity contribution in [3.8, 4) is 5.75 Å². The summed E-state index contributed by atoms with van der Waals surface area (Å²) in [6.45, 7) is 5.95. The molecule has 0 aromatic heterocycles. The molecule has 3 heteroatoms. The van der Waals surface area contributed by atoms with Crippen molar-refractivity contribution in [3.05, 3.63) is 42.2 Å². The zero-order valence-corrected chi connectivity index (χ0v) is 9.58. The van der Waals surface area contributed by atoms with Gasteiger partial charge in [-0.2, -0.15) is 0 Å². The lowest BCUT2D eigenvalue weighted by Crippen LogP contribution is -2.07. The summed E-state index contributed by atoms with van der Waals surface area (Å²) in [7, 11) is 0. The summed E-state index contributed by atoms with van der Waals surface area (Å²) in [5, 5.41) is 0. The van der Waals surface area contributed by atoms with Crippen molar-refractivity contribution in [1.82, 2.24) is 0 Å². The monoisotopic (exact) mass is 223 g/mol. The molecule has 0 amide bonds. The number of rotatable bonds is 6. The van der Waals surface area contributed by atoms with Crippen LogP contribution in [0.5, 0.6) is 5.75 Å². The van der Waals surface area contributed by atoms with Gasteiger partial charge in [-0.05, 0) is 25.8 Å². The molecule has 88 valence electrons. The van der Waals surface area contributed by atoms with Crippen LogP contribution < -0.4 is 10.5 Å². The minimum absolute atomic E-state index is 0.296. The Kier molecular flexibility index (Phi) is 4.99. The SMILES string of the molecule is C=CCCCOc1ccc([C@H](C)N)c(F)c1. The highest BCUT2D eigenvalue weighted by Crippen LogP contribution is 2.20. The topological polar surface area (TPSA) is 35.2 Å². The molecule has 0 bridgehead atoms. The van der Waals surface area contributed by atoms with Crippen LogP contribution in [-0.4, -0.2) is 6.61 Å². The van der Waals surface area contributed by atoms with Crippen molar-refractivity contribution in [2.75, 3.05) is 6.61 Å². The summed E-state index contributed by atoms with van der Waals surface area (Å²) in [5.74, 6) is 0.238. The number of hydrogen-bond acceptors (Lipinski definition) is 2. The van der Waals surface area contributed by atoms with Crippen LogP contribution in [-0.2, 0) is 0 Å². The summed E-state index contributed by atoms with van der Waals surface area (Å²) in [5.41, 5.74) is 6.12. The molecule has 0 heterocycles. The van der Waals surface area contributed by atoms with Crippen LogP contribution in [0.4, 0.5) is 4.39 Å². The first-order chi connectivity index (χ1) is 7.65. The molecule has 1 aromatic carbocycles. The van der Waals surface area contributed by atoms with E-state index in [9.17, 15) is 4.39 Å². The fourth-order valence-electron chi connectivity index (χ4n) is 1.38. The smallest absolute Gasteiger partial charge is 0.131 e. The first kappa shape index (κ1) is 12.7. The summed E-state index contributed by atoms with van der Waals surface area (Å²) in [6.07, 6.45) is 3.63. The van der Waals surface area contributed by atoms with E-state index >= 15 is 0 Å². The third-order valence-corrected chi connectivity index (χ3v) is 2.28. The van der Waals surface area contributed by atoms with Crippen LogP contribution in [0.25, 0.3) is 0 Å². The molecule has 2 N–H and O–H groups in total. The van der Waals surface area contributed by atoms with Gasteiger partial charge in [0, 0.05) is 17.7 Å². The highest BCUT2D eigenvalue weighted by Gasteiger charge is 2.07. The van der Waals surface area contributed by atoms with Gasteiger partial charge in [-0.25, -0.2) is 4.39 Å². The Hall–Kier alpha value is -1.35. The van der Waals surface area contributed by atoms with Crippen LogP contribution >= 0.6 is 0 Å². The van der Waals surface area contributed by atoms with Crippen LogP contribution in [0.3, 0.4) is 0 Å². The zero-order chi connectivity index (χ0) is 12.0. The van der Waals surface area contributed by atoms with Gasteiger partial charge in [-0.3, -0.25) is 0 Å². The number of halogens is 1. The molecule has 0 fully saturated rings. The van der Waals surface area contributed by atoms with Crippen molar-refractivity contribution in [2.24, 2.45) is 5.73 Å². The minimum Gasteiger partial charge on any atom is -0.493 e. The molecule has 0 saturated heterocycles. The molecule has 0 saturated carbocycles. The highest BCUT2D eigenvalue weighted by molar-refractivity contribution is 5.30. The van der Waals surface area contributed by atoms with E-state index in [1.165, 1.54) is 6.07 Å². The van der Waals surface area contributed by atoms with Gasteiger partial charge in [0.15, 0.2) is 0 Å². The molecule has 0 unspecified atom stereocenters. The summed E-state index contributed by atoms with van der Waals surface area (Å²) < 4.78 is 18.9. The fourth-order valence-corrected chi connectivity index (χ4v) is 1.38. The molecule has 2 nitrogen and oxygen atoms in total. The van der Waals surface area contributed by atoms with Crippen LogP contribution in [0, 0.1) is 5.82 Å². The van der Waals surface area contributed by atoms with E-state index in [1.54, 1.807) is 19.1 Å². The van der Waals surface area contributed by atoms with E-state index in [1.807, 2.05) is 6.08 Å². The van der Waals surface area contributed by atoms with E-state index in [-0.39, 0.29) is 11.9 Å². The van der Waals surface area contributed by atoms with Crippen molar-refractivity contribution in [3.63, 3.8) is 0 Å². The first-order valence-corrected chi connectivity index (χ1v) is 5.44. The Morgan fingerprint density at radius 1 is 1.56 bits per heavy atom. The number of unbranched alkanes of at least 4 members (excludes halogenated alkanes) is 1. The standard InChI is InChI=1S/C13H18FNO/c1-3-4-5-8-16-11-6-7-12(10(2)15)13(14)9-11/h3,6-7,9-10H,1,4-5,8,15H2,2H3/t10-/m0/s1. The third kappa shape index (κ3) is 3.66. The van der Waals surface area contributed by atoms with Gasteiger partial charge in [-0.15, -0.1) is 6.58 Å². The summed E-state index contributed by atoms with van der Waals surface area (Å²) in [4.78, 5) is 0. The summed E-state index contributed by atoms with van der Waals surface area (Å²) in [6, 6.07) is 4.50. The molecular weight excluding hydrogens is 205 g/mol. The molecule has 0 aliphatic carbocycles. The van der Waals surface area contributed by atoms with Crippen LogP contribution in [0.2, 0.25) is 0 Å². The second kappa shape index (κ2) is 6.28. The second-order valence-electron chi connectivity index (χ2n) is 3.75. The molecule has 0 aliphatic rings. The molecule has 1 aromatic rings. The molecule has 16 heavy (non-hydrogen) atoms. The first-order valence-electron chi connectivity index (χ1n) is 5.44. The number of benzene rings is 1. The van der Waals surface area contributed by atoms with Crippen LogP contribution in [0.1, 0.15) is 31.4 Å². The predicted molar refractivity (Wildman–Crippen MR) is 63.9 cm³/mol. The Labute approximate surface area is 95.9 Å². The van der Waals surface area contributed by atoms with Gasteiger partial charge >= 0.3 is 0 Å². The van der Waals surface area contributed by atoms with E-state index in [2.05, 4.69) is 6.58 Å². The maximum atomic E-state index is 13.5. The molecule has 0 radical (unpaired) electrons. The van der Waals surface area contributed by atoms with E-state index < -0.39 is 0 Å². The van der Waals surface area contributed by atoms with Gasteiger partial charge in [0.2, 0.25) is 0 Å². The largest absolute Gasteiger partial charge is 0.493 e.